The number of hydrogen-bond acceptors (Lipinski definition) is 3. The van der Waals surface area contributed by atoms with E-state index in [1.807, 2.05) is 12.1 Å². The Morgan fingerprint density at radius 2 is 2.16 bits per heavy atom. The first-order chi connectivity index (χ1) is 9.21. The van der Waals surface area contributed by atoms with Gasteiger partial charge in [-0.15, -0.1) is 0 Å². The molecule has 3 atom stereocenters. The lowest BCUT2D eigenvalue weighted by molar-refractivity contribution is 0.00491. The smallest absolute Gasteiger partial charge is 0.122 e. The van der Waals surface area contributed by atoms with E-state index in [1.54, 1.807) is 0 Å². The fourth-order valence-corrected chi connectivity index (χ4v) is 3.34. The number of para-hydroxylation sites is 1. The minimum atomic E-state index is 0.0447. The van der Waals surface area contributed by atoms with Gasteiger partial charge in [0.1, 0.15) is 5.75 Å². The summed E-state index contributed by atoms with van der Waals surface area (Å²) in [6.07, 6.45) is 5.10. The first kappa shape index (κ1) is 12.9. The standard InChI is InChI=1S/C16H23NO2/c1-12-6-7-14(19-12)9-16(10-17)8-13-4-2-3-5-15(13)18-11-16/h2-5,12,14H,6-11,17H2,1H3. The van der Waals surface area contributed by atoms with Crippen LogP contribution in [0.25, 0.3) is 0 Å². The highest BCUT2D eigenvalue weighted by atomic mass is 16.5. The first-order valence-electron chi connectivity index (χ1n) is 7.27. The van der Waals surface area contributed by atoms with Gasteiger partial charge in [0, 0.05) is 12.0 Å². The molecule has 104 valence electrons. The van der Waals surface area contributed by atoms with Crippen LogP contribution in [0, 0.1) is 5.41 Å². The van der Waals surface area contributed by atoms with Crippen molar-refractivity contribution in [2.75, 3.05) is 13.2 Å². The van der Waals surface area contributed by atoms with E-state index in [9.17, 15) is 0 Å². The van der Waals surface area contributed by atoms with Gasteiger partial charge in [0.25, 0.3) is 0 Å². The molecule has 0 radical (unpaired) electrons. The monoisotopic (exact) mass is 261 g/mol. The average molecular weight is 261 g/mol. The number of nitrogens with two attached hydrogens (primary N) is 1. The Kier molecular flexibility index (Phi) is 3.50. The highest BCUT2D eigenvalue weighted by Gasteiger charge is 2.38. The summed E-state index contributed by atoms with van der Waals surface area (Å²) in [6.45, 7) is 3.53. The van der Waals surface area contributed by atoms with Crippen molar-refractivity contribution in [3.8, 4) is 5.75 Å². The van der Waals surface area contributed by atoms with Crippen molar-refractivity contribution in [2.24, 2.45) is 11.1 Å². The Morgan fingerprint density at radius 1 is 1.32 bits per heavy atom. The van der Waals surface area contributed by atoms with Crippen LogP contribution in [0.15, 0.2) is 24.3 Å². The lowest BCUT2D eigenvalue weighted by Crippen LogP contribution is -2.43. The topological polar surface area (TPSA) is 44.5 Å². The number of hydrogen-bond donors (Lipinski definition) is 1. The van der Waals surface area contributed by atoms with Crippen LogP contribution in [0.1, 0.15) is 31.7 Å². The molecule has 0 bridgehead atoms. The molecule has 3 heteroatoms. The molecule has 1 fully saturated rings. The average Bonchev–Trinajstić information content (AvgIpc) is 2.84. The first-order valence-corrected chi connectivity index (χ1v) is 7.27. The molecule has 0 aromatic heterocycles. The summed E-state index contributed by atoms with van der Waals surface area (Å²) in [6, 6.07) is 8.29. The van der Waals surface area contributed by atoms with Crippen molar-refractivity contribution in [1.29, 1.82) is 0 Å². The van der Waals surface area contributed by atoms with Crippen molar-refractivity contribution in [2.45, 2.75) is 44.8 Å². The zero-order valence-corrected chi connectivity index (χ0v) is 11.6. The van der Waals surface area contributed by atoms with E-state index >= 15 is 0 Å². The second kappa shape index (κ2) is 5.14. The van der Waals surface area contributed by atoms with Gasteiger partial charge in [0.15, 0.2) is 0 Å². The molecular formula is C16H23NO2. The zero-order valence-electron chi connectivity index (χ0n) is 11.6. The fraction of sp³-hybridized carbons (Fsp3) is 0.625. The van der Waals surface area contributed by atoms with Crippen LogP contribution in [-0.4, -0.2) is 25.4 Å². The van der Waals surface area contributed by atoms with E-state index in [-0.39, 0.29) is 5.41 Å². The molecule has 1 aromatic carbocycles. The van der Waals surface area contributed by atoms with Crippen LogP contribution in [0.3, 0.4) is 0 Å². The molecule has 2 N–H and O–H groups in total. The van der Waals surface area contributed by atoms with E-state index in [0.717, 1.165) is 31.6 Å². The third kappa shape index (κ3) is 2.63. The number of rotatable bonds is 3. The van der Waals surface area contributed by atoms with E-state index in [0.29, 0.717) is 18.8 Å². The second-order valence-electron chi connectivity index (χ2n) is 6.13. The van der Waals surface area contributed by atoms with Gasteiger partial charge in [-0.05, 0) is 44.2 Å². The number of ether oxygens (including phenoxy) is 2. The van der Waals surface area contributed by atoms with E-state index in [1.165, 1.54) is 12.0 Å². The molecule has 0 spiro atoms. The van der Waals surface area contributed by atoms with Gasteiger partial charge in [-0.1, -0.05) is 18.2 Å². The highest BCUT2D eigenvalue weighted by Crippen LogP contribution is 2.39. The summed E-state index contributed by atoms with van der Waals surface area (Å²) in [5, 5.41) is 0. The Labute approximate surface area is 115 Å². The normalized spacial score (nSPS) is 33.8. The predicted molar refractivity (Wildman–Crippen MR) is 75.3 cm³/mol. The summed E-state index contributed by atoms with van der Waals surface area (Å²) in [5.74, 6) is 1.02. The molecule has 3 rings (SSSR count). The van der Waals surface area contributed by atoms with E-state index < -0.39 is 0 Å². The molecule has 3 unspecified atom stereocenters. The minimum Gasteiger partial charge on any atom is -0.493 e. The van der Waals surface area contributed by atoms with Gasteiger partial charge in [-0.2, -0.15) is 0 Å². The molecule has 1 saturated heterocycles. The molecule has 0 saturated carbocycles. The summed E-state index contributed by atoms with van der Waals surface area (Å²) in [4.78, 5) is 0. The largest absolute Gasteiger partial charge is 0.493 e. The van der Waals surface area contributed by atoms with Gasteiger partial charge < -0.3 is 15.2 Å². The Balaban J connectivity index is 1.74. The summed E-state index contributed by atoms with van der Waals surface area (Å²) < 4.78 is 11.9. The van der Waals surface area contributed by atoms with Crippen molar-refractivity contribution in [3.05, 3.63) is 29.8 Å². The quantitative estimate of drug-likeness (QED) is 0.909. The van der Waals surface area contributed by atoms with Gasteiger partial charge in [-0.3, -0.25) is 0 Å². The van der Waals surface area contributed by atoms with Crippen molar-refractivity contribution < 1.29 is 9.47 Å². The molecule has 0 aliphatic carbocycles. The second-order valence-corrected chi connectivity index (χ2v) is 6.13. The van der Waals surface area contributed by atoms with Crippen LogP contribution in [0.4, 0.5) is 0 Å². The minimum absolute atomic E-state index is 0.0447. The molecule has 3 nitrogen and oxygen atoms in total. The lowest BCUT2D eigenvalue weighted by atomic mass is 9.76. The predicted octanol–water partition coefficient (Wildman–Crippen LogP) is 2.52. The Bertz CT molecular complexity index is 448. The third-order valence-electron chi connectivity index (χ3n) is 4.49. The van der Waals surface area contributed by atoms with E-state index in [4.69, 9.17) is 15.2 Å². The Morgan fingerprint density at radius 3 is 2.89 bits per heavy atom. The number of fused-ring (bicyclic) bond motifs is 1. The van der Waals surface area contributed by atoms with Crippen LogP contribution in [-0.2, 0) is 11.2 Å². The van der Waals surface area contributed by atoms with Gasteiger partial charge in [0.2, 0.25) is 0 Å². The van der Waals surface area contributed by atoms with E-state index in [2.05, 4.69) is 19.1 Å². The third-order valence-corrected chi connectivity index (χ3v) is 4.49. The van der Waals surface area contributed by atoms with Gasteiger partial charge >= 0.3 is 0 Å². The molecular weight excluding hydrogens is 238 g/mol. The molecule has 2 aliphatic rings. The van der Waals surface area contributed by atoms with Crippen LogP contribution in [0.5, 0.6) is 5.75 Å². The van der Waals surface area contributed by atoms with Crippen LogP contribution >= 0.6 is 0 Å². The number of benzene rings is 1. The molecule has 2 aliphatic heterocycles. The lowest BCUT2D eigenvalue weighted by Gasteiger charge is -2.38. The van der Waals surface area contributed by atoms with Crippen LogP contribution < -0.4 is 10.5 Å². The van der Waals surface area contributed by atoms with Crippen molar-refractivity contribution in [3.63, 3.8) is 0 Å². The Hall–Kier alpha value is -1.06. The SMILES string of the molecule is CC1CCC(CC2(CN)COc3ccccc3C2)O1. The maximum Gasteiger partial charge on any atom is 0.122 e. The van der Waals surface area contributed by atoms with Gasteiger partial charge in [0.05, 0.1) is 18.8 Å². The summed E-state index contributed by atoms with van der Waals surface area (Å²) in [7, 11) is 0. The zero-order chi connectivity index (χ0) is 13.3. The maximum atomic E-state index is 6.07. The molecule has 2 heterocycles. The molecule has 0 amide bonds. The summed E-state index contributed by atoms with van der Waals surface area (Å²) >= 11 is 0. The van der Waals surface area contributed by atoms with Crippen LogP contribution in [0.2, 0.25) is 0 Å². The highest BCUT2D eigenvalue weighted by molar-refractivity contribution is 5.36. The molecule has 19 heavy (non-hydrogen) atoms. The molecule has 1 aromatic rings. The van der Waals surface area contributed by atoms with Crippen molar-refractivity contribution >= 4 is 0 Å². The summed E-state index contributed by atoms with van der Waals surface area (Å²) in [5.41, 5.74) is 7.40. The maximum absolute atomic E-state index is 6.07. The fourth-order valence-electron chi connectivity index (χ4n) is 3.34. The van der Waals surface area contributed by atoms with Gasteiger partial charge in [-0.25, -0.2) is 0 Å². The van der Waals surface area contributed by atoms with Crippen molar-refractivity contribution in [1.82, 2.24) is 0 Å².